The fourth-order valence-corrected chi connectivity index (χ4v) is 3.43. The molecule has 0 unspecified atom stereocenters. The van der Waals surface area contributed by atoms with Crippen molar-refractivity contribution in [2.45, 2.75) is 27.7 Å². The van der Waals surface area contributed by atoms with Gasteiger partial charge in [0, 0.05) is 36.0 Å². The molecule has 0 saturated heterocycles. The second-order valence-electron chi connectivity index (χ2n) is 8.24. The summed E-state index contributed by atoms with van der Waals surface area (Å²) >= 11 is 0. The Morgan fingerprint density at radius 1 is 1.19 bits per heavy atom. The van der Waals surface area contributed by atoms with Gasteiger partial charge in [0.15, 0.2) is 5.65 Å². The predicted molar refractivity (Wildman–Crippen MR) is 109 cm³/mol. The number of aryl methyl sites for hydroxylation is 1. The number of benzene rings is 1. The molecule has 0 aliphatic rings. The molecule has 3 aromatic rings. The summed E-state index contributed by atoms with van der Waals surface area (Å²) in [7, 11) is 4.17. The highest BCUT2D eigenvalue weighted by Gasteiger charge is 2.21. The number of aromatic nitrogens is 3. The molecule has 1 N–H and O–H groups in total. The maximum atomic E-state index is 13.6. The van der Waals surface area contributed by atoms with E-state index in [4.69, 9.17) is 5.10 Å². The summed E-state index contributed by atoms with van der Waals surface area (Å²) in [5, 5.41) is 8.28. The molecule has 27 heavy (non-hydrogen) atoms. The van der Waals surface area contributed by atoms with Crippen LogP contribution in [0.2, 0.25) is 0 Å². The number of hydrogen-bond donors (Lipinski definition) is 1. The first-order chi connectivity index (χ1) is 12.7. The van der Waals surface area contributed by atoms with Gasteiger partial charge in [-0.1, -0.05) is 26.0 Å². The lowest BCUT2D eigenvalue weighted by Gasteiger charge is -2.29. The zero-order valence-corrected chi connectivity index (χ0v) is 17.0. The lowest BCUT2D eigenvalue weighted by molar-refractivity contribution is 0.254. The molecule has 0 atom stereocenters. The van der Waals surface area contributed by atoms with E-state index in [2.05, 4.69) is 43.1 Å². The van der Waals surface area contributed by atoms with E-state index in [9.17, 15) is 4.39 Å². The first-order valence-corrected chi connectivity index (χ1v) is 9.18. The van der Waals surface area contributed by atoms with Crippen LogP contribution < -0.4 is 5.32 Å². The van der Waals surface area contributed by atoms with Crippen molar-refractivity contribution < 1.29 is 4.39 Å². The Kier molecular flexibility index (Phi) is 5.20. The Morgan fingerprint density at radius 2 is 1.93 bits per heavy atom. The van der Waals surface area contributed by atoms with Gasteiger partial charge in [0.25, 0.3) is 0 Å². The van der Waals surface area contributed by atoms with Gasteiger partial charge in [0.1, 0.15) is 11.6 Å². The molecule has 0 amide bonds. The van der Waals surface area contributed by atoms with Gasteiger partial charge in [0.2, 0.25) is 0 Å². The van der Waals surface area contributed by atoms with Crippen LogP contribution in [-0.4, -0.2) is 46.7 Å². The van der Waals surface area contributed by atoms with Gasteiger partial charge in [-0.25, -0.2) is 9.37 Å². The van der Waals surface area contributed by atoms with Crippen LogP contribution >= 0.6 is 0 Å². The molecular formula is C21H28FN5. The molecular weight excluding hydrogens is 341 g/mol. The number of nitrogens with zero attached hydrogens (tertiary/aromatic N) is 4. The molecule has 0 fully saturated rings. The minimum atomic E-state index is -0.270. The lowest BCUT2D eigenvalue weighted by atomic mass is 9.93. The largest absolute Gasteiger partial charge is 0.369 e. The smallest absolute Gasteiger partial charge is 0.158 e. The van der Waals surface area contributed by atoms with Gasteiger partial charge in [-0.2, -0.15) is 9.61 Å². The fourth-order valence-electron chi connectivity index (χ4n) is 3.43. The third kappa shape index (κ3) is 4.27. The number of halogens is 1. The SMILES string of the molecule is Cc1nc2cc(-c3cccc(F)c3)nn2c(NCC(C)(C)CN(C)C)c1C. The summed E-state index contributed by atoms with van der Waals surface area (Å²) in [4.78, 5) is 6.85. The average Bonchev–Trinajstić information content (AvgIpc) is 2.97. The molecule has 144 valence electrons. The Balaban J connectivity index is 2.00. The van der Waals surface area contributed by atoms with Gasteiger partial charge < -0.3 is 10.2 Å². The van der Waals surface area contributed by atoms with Crippen molar-refractivity contribution >= 4 is 11.5 Å². The van der Waals surface area contributed by atoms with Crippen LogP contribution in [0.25, 0.3) is 16.9 Å². The van der Waals surface area contributed by atoms with E-state index in [1.54, 1.807) is 6.07 Å². The van der Waals surface area contributed by atoms with E-state index in [1.165, 1.54) is 12.1 Å². The molecule has 6 heteroatoms. The third-order valence-corrected chi connectivity index (χ3v) is 4.68. The molecule has 0 saturated carbocycles. The fraction of sp³-hybridized carbons (Fsp3) is 0.429. The molecule has 2 aromatic heterocycles. The van der Waals surface area contributed by atoms with Gasteiger partial charge in [-0.15, -0.1) is 0 Å². The molecule has 0 aliphatic carbocycles. The minimum absolute atomic E-state index is 0.0952. The second-order valence-corrected chi connectivity index (χ2v) is 8.24. The summed E-state index contributed by atoms with van der Waals surface area (Å²) in [5.41, 5.74) is 4.33. The van der Waals surface area contributed by atoms with E-state index >= 15 is 0 Å². The summed E-state index contributed by atoms with van der Waals surface area (Å²) < 4.78 is 15.4. The quantitative estimate of drug-likeness (QED) is 0.709. The highest BCUT2D eigenvalue weighted by molar-refractivity contribution is 5.66. The van der Waals surface area contributed by atoms with Crippen LogP contribution in [-0.2, 0) is 0 Å². The molecule has 3 rings (SSSR count). The van der Waals surface area contributed by atoms with Crippen LogP contribution in [0.1, 0.15) is 25.1 Å². The summed E-state index contributed by atoms with van der Waals surface area (Å²) in [6, 6.07) is 8.39. The van der Waals surface area contributed by atoms with Crippen molar-refractivity contribution in [1.29, 1.82) is 0 Å². The molecule has 2 heterocycles. The molecule has 0 bridgehead atoms. The molecule has 0 radical (unpaired) electrons. The number of hydrogen-bond acceptors (Lipinski definition) is 4. The van der Waals surface area contributed by atoms with Gasteiger partial charge >= 0.3 is 0 Å². The number of anilines is 1. The van der Waals surface area contributed by atoms with Crippen molar-refractivity contribution in [3.63, 3.8) is 0 Å². The van der Waals surface area contributed by atoms with Gasteiger partial charge in [0.05, 0.1) is 5.69 Å². The number of fused-ring (bicyclic) bond motifs is 1. The van der Waals surface area contributed by atoms with Crippen LogP contribution in [0.15, 0.2) is 30.3 Å². The first kappa shape index (κ1) is 19.3. The lowest BCUT2D eigenvalue weighted by Crippen LogP contribution is -2.35. The standard InChI is InChI=1S/C21H28FN5/c1-14-15(2)24-19-11-18(16-8-7-9-17(22)10-16)25-27(19)20(14)23-12-21(3,4)13-26(5)6/h7-11,23H,12-13H2,1-6H3. The maximum Gasteiger partial charge on any atom is 0.158 e. The monoisotopic (exact) mass is 369 g/mol. The Morgan fingerprint density at radius 3 is 2.59 bits per heavy atom. The Labute approximate surface area is 160 Å². The zero-order valence-electron chi connectivity index (χ0n) is 17.0. The molecule has 1 aromatic carbocycles. The van der Waals surface area contributed by atoms with Crippen molar-refractivity contribution in [3.8, 4) is 11.3 Å². The topological polar surface area (TPSA) is 45.5 Å². The number of rotatable bonds is 6. The van der Waals surface area contributed by atoms with E-state index in [0.29, 0.717) is 5.69 Å². The van der Waals surface area contributed by atoms with Crippen LogP contribution in [0.5, 0.6) is 0 Å². The molecule has 0 aliphatic heterocycles. The van der Waals surface area contributed by atoms with E-state index in [0.717, 1.165) is 41.4 Å². The van der Waals surface area contributed by atoms with E-state index in [1.807, 2.05) is 30.5 Å². The van der Waals surface area contributed by atoms with Gasteiger partial charge in [-0.05, 0) is 45.5 Å². The van der Waals surface area contributed by atoms with E-state index in [-0.39, 0.29) is 11.2 Å². The summed E-state index contributed by atoms with van der Waals surface area (Å²) in [6.07, 6.45) is 0. The minimum Gasteiger partial charge on any atom is -0.369 e. The van der Waals surface area contributed by atoms with Crippen molar-refractivity contribution in [1.82, 2.24) is 19.5 Å². The first-order valence-electron chi connectivity index (χ1n) is 9.18. The van der Waals surface area contributed by atoms with Crippen LogP contribution in [0, 0.1) is 25.1 Å². The molecule has 0 spiro atoms. The summed E-state index contributed by atoms with van der Waals surface area (Å²) in [6.45, 7) is 10.3. The van der Waals surface area contributed by atoms with Crippen molar-refractivity contribution in [2.75, 3.05) is 32.5 Å². The van der Waals surface area contributed by atoms with Crippen molar-refractivity contribution in [3.05, 3.63) is 47.4 Å². The summed E-state index contributed by atoms with van der Waals surface area (Å²) in [5.74, 6) is 0.667. The third-order valence-electron chi connectivity index (χ3n) is 4.68. The molecule has 5 nitrogen and oxygen atoms in total. The Bertz CT molecular complexity index is 959. The Hall–Kier alpha value is -2.47. The van der Waals surface area contributed by atoms with Crippen LogP contribution in [0.4, 0.5) is 10.2 Å². The van der Waals surface area contributed by atoms with Crippen LogP contribution in [0.3, 0.4) is 0 Å². The second kappa shape index (κ2) is 7.27. The van der Waals surface area contributed by atoms with Gasteiger partial charge in [-0.3, -0.25) is 0 Å². The maximum absolute atomic E-state index is 13.6. The number of nitrogens with one attached hydrogen (secondary N) is 1. The normalized spacial score (nSPS) is 12.1. The average molecular weight is 369 g/mol. The zero-order chi connectivity index (χ0) is 19.8. The van der Waals surface area contributed by atoms with E-state index < -0.39 is 0 Å². The predicted octanol–water partition coefficient (Wildman–Crippen LogP) is 4.15. The highest BCUT2D eigenvalue weighted by atomic mass is 19.1. The van der Waals surface area contributed by atoms with Crippen molar-refractivity contribution in [2.24, 2.45) is 5.41 Å². The highest BCUT2D eigenvalue weighted by Crippen LogP contribution is 2.26.